The first-order chi connectivity index (χ1) is 16.0. The van der Waals surface area contributed by atoms with Crippen LogP contribution in [0.25, 0.3) is 10.9 Å². The molecular weight excluding hydrogens is 428 g/mol. The van der Waals surface area contributed by atoms with Gasteiger partial charge in [-0.3, -0.25) is 9.78 Å². The Morgan fingerprint density at radius 2 is 1.79 bits per heavy atom. The molecule has 2 heterocycles. The van der Waals surface area contributed by atoms with E-state index in [1.807, 2.05) is 42.5 Å². The van der Waals surface area contributed by atoms with E-state index in [1.54, 1.807) is 18.9 Å². The number of ether oxygens (including phenoxy) is 1. The normalized spacial score (nSPS) is 15.2. The standard InChI is InChI=1S/C28H26N2O2S/c1-18(2)20-13-15-22(27(31)25(16-20)32-3)28-30(24-10-6-7-11-26(24)33-28)17-21-14-12-19-8-4-5-9-23(19)29-21/h4-16,18,28H,17H2,1-3H3. The van der Waals surface area contributed by atoms with Crippen molar-refractivity contribution in [1.82, 2.24) is 4.98 Å². The number of hydrogen-bond donors (Lipinski definition) is 0. The number of aromatic nitrogens is 1. The average Bonchev–Trinajstić information content (AvgIpc) is 3.09. The summed E-state index contributed by atoms with van der Waals surface area (Å²) in [6.07, 6.45) is 0. The van der Waals surface area contributed by atoms with Crippen molar-refractivity contribution >= 4 is 28.4 Å². The van der Waals surface area contributed by atoms with E-state index >= 15 is 0 Å². The summed E-state index contributed by atoms with van der Waals surface area (Å²) in [6.45, 7) is 4.85. The zero-order valence-corrected chi connectivity index (χ0v) is 19.8. The summed E-state index contributed by atoms with van der Waals surface area (Å²) in [5, 5.41) is 0.960. The molecule has 0 saturated heterocycles. The Kier molecular flexibility index (Phi) is 5.81. The van der Waals surface area contributed by atoms with Gasteiger partial charge in [0.2, 0.25) is 5.43 Å². The molecule has 0 amide bonds. The fraction of sp³-hybridized carbons (Fsp3) is 0.214. The van der Waals surface area contributed by atoms with Gasteiger partial charge < -0.3 is 9.64 Å². The molecule has 0 N–H and O–H groups in total. The molecule has 4 nitrogen and oxygen atoms in total. The molecule has 0 spiro atoms. The first-order valence-corrected chi connectivity index (χ1v) is 12.0. The van der Waals surface area contributed by atoms with E-state index in [1.165, 1.54) is 0 Å². The summed E-state index contributed by atoms with van der Waals surface area (Å²) in [4.78, 5) is 21.8. The molecule has 0 fully saturated rings. The van der Waals surface area contributed by atoms with Gasteiger partial charge in [0.25, 0.3) is 0 Å². The summed E-state index contributed by atoms with van der Waals surface area (Å²) in [5.74, 6) is 0.684. The number of anilines is 1. The third kappa shape index (κ3) is 4.09. The first kappa shape index (κ1) is 21.5. The number of fused-ring (bicyclic) bond motifs is 2. The molecule has 166 valence electrons. The minimum absolute atomic E-state index is 0.0637. The largest absolute Gasteiger partial charge is 0.493 e. The maximum absolute atomic E-state index is 13.5. The second kappa shape index (κ2) is 8.91. The van der Waals surface area contributed by atoms with Crippen LogP contribution < -0.4 is 15.1 Å². The van der Waals surface area contributed by atoms with Crippen LogP contribution in [0.5, 0.6) is 5.75 Å². The lowest BCUT2D eigenvalue weighted by atomic mass is 10.1. The van der Waals surface area contributed by atoms with E-state index in [0.717, 1.165) is 38.3 Å². The van der Waals surface area contributed by atoms with Crippen molar-refractivity contribution in [2.24, 2.45) is 0 Å². The molecule has 1 unspecified atom stereocenters. The molecule has 0 bridgehead atoms. The number of pyridine rings is 1. The van der Waals surface area contributed by atoms with Crippen molar-refractivity contribution in [1.29, 1.82) is 0 Å². The van der Waals surface area contributed by atoms with Gasteiger partial charge in [0, 0.05) is 15.8 Å². The Morgan fingerprint density at radius 1 is 1.00 bits per heavy atom. The van der Waals surface area contributed by atoms with E-state index in [2.05, 4.69) is 55.1 Å². The predicted molar refractivity (Wildman–Crippen MR) is 136 cm³/mol. The van der Waals surface area contributed by atoms with Crippen molar-refractivity contribution in [3.8, 4) is 5.75 Å². The van der Waals surface area contributed by atoms with Crippen LogP contribution in [-0.4, -0.2) is 12.1 Å². The number of benzene rings is 2. The topological polar surface area (TPSA) is 42.4 Å². The van der Waals surface area contributed by atoms with Crippen LogP contribution in [0.3, 0.4) is 0 Å². The quantitative estimate of drug-likeness (QED) is 0.343. The van der Waals surface area contributed by atoms with Crippen molar-refractivity contribution in [3.63, 3.8) is 0 Å². The van der Waals surface area contributed by atoms with Crippen LogP contribution in [-0.2, 0) is 6.54 Å². The Balaban J connectivity index is 1.61. The van der Waals surface area contributed by atoms with Gasteiger partial charge in [-0.1, -0.05) is 74.1 Å². The van der Waals surface area contributed by atoms with Crippen LogP contribution in [0.15, 0.2) is 88.6 Å². The summed E-state index contributed by atoms with van der Waals surface area (Å²) < 4.78 is 5.52. The molecule has 3 aromatic carbocycles. The second-order valence-corrected chi connectivity index (χ2v) is 9.67. The van der Waals surface area contributed by atoms with Crippen LogP contribution in [0, 0.1) is 0 Å². The number of methoxy groups -OCH3 is 1. The lowest BCUT2D eigenvalue weighted by Crippen LogP contribution is -2.26. The van der Waals surface area contributed by atoms with Crippen molar-refractivity contribution in [2.45, 2.75) is 36.6 Å². The lowest BCUT2D eigenvalue weighted by Gasteiger charge is -2.26. The highest BCUT2D eigenvalue weighted by molar-refractivity contribution is 8.00. The Bertz CT molecular complexity index is 1390. The van der Waals surface area contributed by atoms with Gasteiger partial charge >= 0.3 is 0 Å². The lowest BCUT2D eigenvalue weighted by molar-refractivity contribution is 0.410. The molecule has 5 heteroatoms. The molecule has 0 aliphatic carbocycles. The number of hydrogen-bond acceptors (Lipinski definition) is 5. The zero-order valence-electron chi connectivity index (χ0n) is 19.0. The minimum Gasteiger partial charge on any atom is -0.493 e. The summed E-state index contributed by atoms with van der Waals surface area (Å²) in [5.41, 5.74) is 4.81. The molecule has 0 saturated carbocycles. The van der Waals surface area contributed by atoms with Gasteiger partial charge in [0.1, 0.15) is 5.37 Å². The molecule has 1 aromatic heterocycles. The summed E-state index contributed by atoms with van der Waals surface area (Å²) in [6, 6.07) is 26.6. The number of thioether (sulfide) groups is 1. The van der Waals surface area contributed by atoms with Gasteiger partial charge in [0.05, 0.1) is 30.6 Å². The fourth-order valence-electron chi connectivity index (χ4n) is 4.25. The smallest absolute Gasteiger partial charge is 0.226 e. The zero-order chi connectivity index (χ0) is 22.9. The molecule has 1 aliphatic heterocycles. The number of para-hydroxylation sites is 2. The molecule has 0 radical (unpaired) electrons. The molecule has 5 rings (SSSR count). The Hall–Kier alpha value is -3.31. The maximum Gasteiger partial charge on any atom is 0.226 e. The third-order valence-electron chi connectivity index (χ3n) is 6.08. The van der Waals surface area contributed by atoms with Crippen molar-refractivity contribution in [3.05, 3.63) is 106 Å². The molecule has 33 heavy (non-hydrogen) atoms. The Labute approximate surface area is 198 Å². The first-order valence-electron chi connectivity index (χ1n) is 11.1. The predicted octanol–water partition coefficient (Wildman–Crippen LogP) is 6.54. The van der Waals surface area contributed by atoms with Crippen LogP contribution >= 0.6 is 11.8 Å². The second-order valence-electron chi connectivity index (χ2n) is 8.55. The molecule has 4 aromatic rings. The van der Waals surface area contributed by atoms with Crippen LogP contribution in [0.4, 0.5) is 5.69 Å². The van der Waals surface area contributed by atoms with E-state index < -0.39 is 0 Å². The number of rotatable bonds is 5. The number of nitrogens with zero attached hydrogens (tertiary/aromatic N) is 2. The van der Waals surface area contributed by atoms with Crippen LogP contribution in [0.2, 0.25) is 0 Å². The highest BCUT2D eigenvalue weighted by Gasteiger charge is 2.33. The van der Waals surface area contributed by atoms with E-state index in [4.69, 9.17) is 9.72 Å². The van der Waals surface area contributed by atoms with E-state index in [-0.39, 0.29) is 10.8 Å². The monoisotopic (exact) mass is 454 g/mol. The fourth-order valence-corrected chi connectivity index (χ4v) is 5.58. The molecule has 1 atom stereocenters. The van der Waals surface area contributed by atoms with Crippen LogP contribution in [0.1, 0.15) is 42.0 Å². The molecule has 1 aliphatic rings. The minimum atomic E-state index is -0.163. The van der Waals surface area contributed by atoms with Crippen molar-refractivity contribution in [2.75, 3.05) is 12.0 Å². The summed E-state index contributed by atoms with van der Waals surface area (Å²) in [7, 11) is 1.57. The highest BCUT2D eigenvalue weighted by atomic mass is 32.2. The van der Waals surface area contributed by atoms with Gasteiger partial charge in [-0.05, 0) is 41.8 Å². The summed E-state index contributed by atoms with van der Waals surface area (Å²) >= 11 is 1.71. The van der Waals surface area contributed by atoms with E-state index in [0.29, 0.717) is 18.2 Å². The van der Waals surface area contributed by atoms with Gasteiger partial charge in [-0.2, -0.15) is 0 Å². The van der Waals surface area contributed by atoms with Gasteiger partial charge in [-0.15, -0.1) is 0 Å². The molecular formula is C28H26N2O2S. The highest BCUT2D eigenvalue weighted by Crippen LogP contribution is 2.51. The van der Waals surface area contributed by atoms with E-state index in [9.17, 15) is 4.79 Å². The average molecular weight is 455 g/mol. The van der Waals surface area contributed by atoms with Gasteiger partial charge in [-0.25, -0.2) is 0 Å². The van der Waals surface area contributed by atoms with Crippen molar-refractivity contribution < 1.29 is 4.74 Å². The Morgan fingerprint density at radius 3 is 2.61 bits per heavy atom. The third-order valence-corrected chi connectivity index (χ3v) is 7.41. The SMILES string of the molecule is COc1cc(C(C)C)ccc(C2Sc3ccccc3N2Cc2ccc3ccccc3n2)c1=O. The van der Waals surface area contributed by atoms with Gasteiger partial charge in [0.15, 0.2) is 5.75 Å². The maximum atomic E-state index is 13.5.